The number of nitro groups is 1. The third kappa shape index (κ3) is 7.04. The van der Waals surface area contributed by atoms with Crippen molar-refractivity contribution in [1.82, 2.24) is 14.5 Å². The van der Waals surface area contributed by atoms with Crippen molar-refractivity contribution in [3.63, 3.8) is 0 Å². The van der Waals surface area contributed by atoms with E-state index in [0.29, 0.717) is 17.7 Å². The van der Waals surface area contributed by atoms with Gasteiger partial charge in [0.15, 0.2) is 5.82 Å². The molecule has 2 atom stereocenters. The van der Waals surface area contributed by atoms with Crippen LogP contribution in [0.5, 0.6) is 5.75 Å². The molecule has 54 heavy (non-hydrogen) atoms. The lowest BCUT2D eigenvalue weighted by molar-refractivity contribution is -0.385. The molecule has 5 rings (SSSR count). The van der Waals surface area contributed by atoms with E-state index in [9.17, 15) is 24.5 Å². The molecule has 3 heterocycles. The molecular formula is C38H42ClF2N5O8. The third-order valence-corrected chi connectivity index (χ3v) is 9.54. The van der Waals surface area contributed by atoms with E-state index < -0.39 is 74.3 Å². The van der Waals surface area contributed by atoms with E-state index >= 15 is 8.78 Å². The lowest BCUT2D eigenvalue weighted by Crippen LogP contribution is -2.62. The Kier molecular flexibility index (Phi) is 11.2. The number of nitrogens with zero attached hydrogens (tertiary/aromatic N) is 5. The van der Waals surface area contributed by atoms with Crippen molar-refractivity contribution in [3.05, 3.63) is 84.9 Å². The molecule has 4 aromatic rings. The average Bonchev–Trinajstić information content (AvgIpc) is 3.10. The Bertz CT molecular complexity index is 2220. The van der Waals surface area contributed by atoms with Gasteiger partial charge in [-0.3, -0.25) is 24.5 Å². The molecular weight excluding hydrogens is 728 g/mol. The monoisotopic (exact) mass is 769 g/mol. The van der Waals surface area contributed by atoms with Gasteiger partial charge in [0.05, 0.1) is 53.2 Å². The van der Waals surface area contributed by atoms with Gasteiger partial charge >= 0.3 is 23.3 Å². The second-order valence-corrected chi connectivity index (χ2v) is 14.6. The van der Waals surface area contributed by atoms with Crippen LogP contribution in [0.3, 0.4) is 0 Å². The summed E-state index contributed by atoms with van der Waals surface area (Å²) in [4.78, 5) is 61.1. The highest BCUT2D eigenvalue weighted by atomic mass is 35.5. The van der Waals surface area contributed by atoms with Crippen molar-refractivity contribution >= 4 is 45.9 Å². The molecule has 16 heteroatoms. The van der Waals surface area contributed by atoms with Gasteiger partial charge in [0.1, 0.15) is 28.9 Å². The zero-order chi connectivity index (χ0) is 40.0. The first-order valence-corrected chi connectivity index (χ1v) is 17.7. The Labute approximate surface area is 315 Å². The normalized spacial score (nSPS) is 16.2. The van der Waals surface area contributed by atoms with Crippen LogP contribution in [0.2, 0.25) is 5.02 Å². The summed E-state index contributed by atoms with van der Waals surface area (Å²) in [6, 6.07) is 4.51. The van der Waals surface area contributed by atoms with E-state index in [4.69, 9.17) is 25.8 Å². The number of piperazine rings is 1. The molecule has 2 aromatic carbocycles. The molecule has 288 valence electrons. The summed E-state index contributed by atoms with van der Waals surface area (Å²) in [6.45, 7) is 11.4. The Morgan fingerprint density at radius 1 is 1.11 bits per heavy atom. The van der Waals surface area contributed by atoms with Crippen LogP contribution in [0.1, 0.15) is 65.6 Å². The molecule has 1 saturated heterocycles. The Morgan fingerprint density at radius 3 is 2.37 bits per heavy atom. The van der Waals surface area contributed by atoms with E-state index in [0.717, 1.165) is 17.7 Å². The first-order valence-electron chi connectivity index (χ1n) is 17.3. The maximum Gasteiger partial charge on any atom is 0.410 e. The molecule has 1 fully saturated rings. The number of fused-ring (bicyclic) bond motifs is 1. The lowest BCUT2D eigenvalue weighted by Gasteiger charge is -2.45. The van der Waals surface area contributed by atoms with Crippen molar-refractivity contribution < 1.29 is 37.5 Å². The van der Waals surface area contributed by atoms with Crippen LogP contribution < -0.4 is 15.2 Å². The molecule has 1 aliphatic heterocycles. The third-order valence-electron chi connectivity index (χ3n) is 9.24. The molecule has 13 nitrogen and oxygen atoms in total. The fourth-order valence-corrected chi connectivity index (χ4v) is 7.16. The predicted molar refractivity (Wildman–Crippen MR) is 200 cm³/mol. The molecule has 0 N–H and O–H groups in total. The SMILES string of the molecule is CCc1ccnc(C(C)C)c1-n1c(=O)c([N+](=O)[O-])c(N2C[C@@H](C)N(C(=O)OC(C)(C)C)C[C@@H]2C(=O)OC)c2cc(Cl)c(-c3c(F)cccc3OC)c(F)c21. The second-order valence-electron chi connectivity index (χ2n) is 14.2. The lowest BCUT2D eigenvalue weighted by atomic mass is 9.96. The van der Waals surface area contributed by atoms with Gasteiger partial charge < -0.3 is 24.0 Å². The number of anilines is 1. The minimum Gasteiger partial charge on any atom is -0.496 e. The maximum absolute atomic E-state index is 17.8. The van der Waals surface area contributed by atoms with Crippen molar-refractivity contribution in [1.29, 1.82) is 0 Å². The topological polar surface area (TPSA) is 146 Å². The number of ether oxygens (including phenoxy) is 3. The van der Waals surface area contributed by atoms with Gasteiger partial charge in [0.25, 0.3) is 0 Å². The number of methoxy groups -OCH3 is 2. The standard InChI is InChI=1S/C38H42ClF2N5O8/c1-10-21-14-15-42-30(19(2)3)31(21)45-32-22(16-23(39)27(29(32)41)28-24(40)12-11-13-26(28)52-8)33(34(35(45)47)46(50)51)44-17-20(4)43(18-25(44)36(48)53-9)37(49)54-38(5,6)7/h11-16,19-20,25H,10,17-18H2,1-9H3/t20-,25-/m1/s1. The van der Waals surface area contributed by atoms with Crippen LogP contribution in [0.25, 0.3) is 27.7 Å². The molecule has 1 aliphatic rings. The van der Waals surface area contributed by atoms with E-state index in [2.05, 4.69) is 4.98 Å². The summed E-state index contributed by atoms with van der Waals surface area (Å²) in [5.74, 6) is -3.39. The number of halogens is 3. The van der Waals surface area contributed by atoms with Gasteiger partial charge in [0.2, 0.25) is 0 Å². The van der Waals surface area contributed by atoms with E-state index in [1.54, 1.807) is 54.5 Å². The fraction of sp³-hybridized carbons (Fsp3) is 0.421. The number of amides is 1. The Balaban J connectivity index is 2.00. The minimum atomic E-state index is -1.43. The van der Waals surface area contributed by atoms with Crippen molar-refractivity contribution in [3.8, 4) is 22.6 Å². The molecule has 1 amide bonds. The smallest absolute Gasteiger partial charge is 0.410 e. The molecule has 0 aliphatic carbocycles. The maximum atomic E-state index is 17.8. The Hall–Kier alpha value is -5.31. The molecule has 0 spiro atoms. The highest BCUT2D eigenvalue weighted by molar-refractivity contribution is 6.34. The minimum absolute atomic E-state index is 0.0671. The summed E-state index contributed by atoms with van der Waals surface area (Å²) >= 11 is 6.83. The summed E-state index contributed by atoms with van der Waals surface area (Å²) in [7, 11) is 2.37. The molecule has 2 aromatic heterocycles. The quantitative estimate of drug-likeness (QED) is 0.0999. The van der Waals surface area contributed by atoms with Crippen LogP contribution in [0, 0.1) is 21.7 Å². The molecule has 0 saturated carbocycles. The van der Waals surface area contributed by atoms with Crippen molar-refractivity contribution in [2.45, 2.75) is 78.5 Å². The molecule has 0 radical (unpaired) electrons. The van der Waals surface area contributed by atoms with Gasteiger partial charge in [-0.25, -0.2) is 18.4 Å². The van der Waals surface area contributed by atoms with Gasteiger partial charge in [-0.15, -0.1) is 0 Å². The van der Waals surface area contributed by atoms with Crippen LogP contribution in [-0.4, -0.2) is 76.4 Å². The summed E-state index contributed by atoms with van der Waals surface area (Å²) < 4.78 is 50.4. The number of carbonyl (C=O) groups is 2. The van der Waals surface area contributed by atoms with E-state index in [-0.39, 0.29) is 46.4 Å². The largest absolute Gasteiger partial charge is 0.496 e. The van der Waals surface area contributed by atoms with Crippen LogP contribution in [0.4, 0.5) is 25.0 Å². The number of hydrogen-bond donors (Lipinski definition) is 0. The highest BCUT2D eigenvalue weighted by Gasteiger charge is 2.45. The first kappa shape index (κ1) is 39.9. The van der Waals surface area contributed by atoms with Gasteiger partial charge in [-0.05, 0) is 69.9 Å². The summed E-state index contributed by atoms with van der Waals surface area (Å²) in [5.41, 5.74) is -3.90. The average molecular weight is 770 g/mol. The zero-order valence-electron chi connectivity index (χ0n) is 31.5. The number of hydrogen-bond acceptors (Lipinski definition) is 10. The summed E-state index contributed by atoms with van der Waals surface area (Å²) in [5, 5.41) is 12.6. The Morgan fingerprint density at radius 2 is 1.80 bits per heavy atom. The number of rotatable bonds is 8. The van der Waals surface area contributed by atoms with Crippen molar-refractivity contribution in [2.75, 3.05) is 32.2 Å². The van der Waals surface area contributed by atoms with Crippen LogP contribution in [0.15, 0.2) is 41.3 Å². The van der Waals surface area contributed by atoms with Crippen LogP contribution >= 0.6 is 11.6 Å². The number of aromatic nitrogens is 2. The molecule has 0 unspecified atom stereocenters. The van der Waals surface area contributed by atoms with E-state index in [1.165, 1.54) is 41.3 Å². The van der Waals surface area contributed by atoms with Gasteiger partial charge in [-0.1, -0.05) is 38.4 Å². The predicted octanol–water partition coefficient (Wildman–Crippen LogP) is 7.57. The van der Waals surface area contributed by atoms with Gasteiger partial charge in [0, 0.05) is 29.7 Å². The highest BCUT2D eigenvalue weighted by Crippen LogP contribution is 2.46. The summed E-state index contributed by atoms with van der Waals surface area (Å²) in [6.07, 6.45) is 1.10. The fourth-order valence-electron chi connectivity index (χ4n) is 6.87. The zero-order valence-corrected chi connectivity index (χ0v) is 32.2. The number of benzene rings is 2. The van der Waals surface area contributed by atoms with E-state index in [1.807, 2.05) is 0 Å². The second kappa shape index (κ2) is 15.2. The van der Waals surface area contributed by atoms with Crippen molar-refractivity contribution in [2.24, 2.45) is 0 Å². The number of carbonyl (C=O) groups excluding carboxylic acids is 2. The number of esters is 1. The number of aryl methyl sites for hydroxylation is 1. The number of pyridine rings is 2. The van der Waals surface area contributed by atoms with Gasteiger partial charge in [-0.2, -0.15) is 0 Å². The molecule has 0 bridgehead atoms. The van der Waals surface area contributed by atoms with Crippen LogP contribution in [-0.2, 0) is 20.7 Å². The first-order chi connectivity index (χ1) is 25.4.